The number of rotatable bonds is 45. The van der Waals surface area contributed by atoms with Gasteiger partial charge in [0.1, 0.15) is 72.8 Å². The van der Waals surface area contributed by atoms with E-state index in [0.29, 0.717) is 25.2 Å². The van der Waals surface area contributed by atoms with Crippen LogP contribution < -0.4 is 21.3 Å². The lowest BCUT2D eigenvalue weighted by atomic mass is 9.82. The van der Waals surface area contributed by atoms with Gasteiger partial charge in [-0.05, 0) is 214 Å². The molecule has 6 aliphatic carbocycles. The van der Waals surface area contributed by atoms with Gasteiger partial charge < -0.3 is 87.6 Å². The molecule has 0 aliphatic heterocycles. The maximum Gasteiger partial charge on any atom is 0.418 e. The Hall–Kier alpha value is -13.8. The molecule has 142 heavy (non-hydrogen) atoms. The maximum atomic E-state index is 13.1. The van der Waals surface area contributed by atoms with Crippen LogP contribution in [-0.4, -0.2) is 308 Å². The first kappa shape index (κ1) is 126. The number of fused-ring (bicyclic) bond motifs is 10. The van der Waals surface area contributed by atoms with E-state index >= 15 is 0 Å². The van der Waals surface area contributed by atoms with Gasteiger partial charge in [0.15, 0.2) is 5.78 Å². The van der Waals surface area contributed by atoms with Crippen molar-refractivity contribution >= 4 is 120 Å². The minimum atomic E-state index is -1.14. The van der Waals surface area contributed by atoms with Gasteiger partial charge in [0.2, 0.25) is 0 Å². The molecule has 792 valence electrons. The van der Waals surface area contributed by atoms with E-state index in [1.165, 1.54) is 124 Å². The minimum absolute atomic E-state index is 0.0146. The first-order valence-corrected chi connectivity index (χ1v) is 46.7. The summed E-state index contributed by atoms with van der Waals surface area (Å²) in [6.07, 6.45) is 15.1. The van der Waals surface area contributed by atoms with Crippen LogP contribution >= 0.6 is 0 Å². The number of nitrogens with zero attached hydrogens (tertiary/aromatic N) is 6. The van der Waals surface area contributed by atoms with Gasteiger partial charge >= 0.3 is 114 Å². The molecule has 44 nitrogen and oxygen atoms in total. The number of nitrogens with one attached hydrogen (secondary N) is 4. The second kappa shape index (κ2) is 68.3. The fourth-order valence-electron chi connectivity index (χ4n) is 14.9. The number of imide groups is 6. The molecule has 6 rings (SSSR count). The molecule has 16 amide bonds. The Morgan fingerprint density at radius 1 is 0.246 bits per heavy atom. The van der Waals surface area contributed by atoms with E-state index in [1.54, 1.807) is 97.8 Å². The van der Waals surface area contributed by atoms with Gasteiger partial charge in [-0.25, -0.2) is 120 Å². The van der Waals surface area contributed by atoms with Crippen molar-refractivity contribution in [2.24, 2.45) is 47.3 Å². The number of amides is 16. The summed E-state index contributed by atoms with van der Waals surface area (Å²) in [5, 5.41) is 9.42. The predicted octanol–water partition coefficient (Wildman–Crippen LogP) is 12.3. The Labute approximate surface area is 830 Å². The summed E-state index contributed by atoms with van der Waals surface area (Å²) in [5.74, 6) is 3.15. The molecule has 6 aliphatic rings. The lowest BCUT2D eigenvalue weighted by molar-refractivity contribution is -0.140. The van der Waals surface area contributed by atoms with E-state index in [2.05, 4.69) is 87.1 Å². The number of ketones is 1. The molecule has 0 aromatic carbocycles. The molecule has 0 radical (unpaired) electrons. The average Bonchev–Trinajstić information content (AvgIpc) is 1.62. The Kier molecular flexibility index (Phi) is 60.7. The Morgan fingerprint density at radius 2 is 0.444 bits per heavy atom. The number of hydrogen-bond donors (Lipinski definition) is 4. The lowest BCUT2D eigenvalue weighted by Crippen LogP contribution is -2.54. The summed E-state index contributed by atoms with van der Waals surface area (Å²) in [4.78, 5) is 243. The van der Waals surface area contributed by atoms with Crippen molar-refractivity contribution in [3.05, 3.63) is 122 Å². The van der Waals surface area contributed by atoms with Crippen LogP contribution in [0.1, 0.15) is 174 Å². The van der Waals surface area contributed by atoms with Crippen molar-refractivity contribution in [2.75, 3.05) is 158 Å². The van der Waals surface area contributed by atoms with Crippen LogP contribution in [0.3, 0.4) is 0 Å². The fraction of sp³-hybridized carbons (Fsp3) is 0.592. The van der Waals surface area contributed by atoms with E-state index < -0.39 is 167 Å². The quantitative estimate of drug-likeness (QED) is 0.0145. The third kappa shape index (κ3) is 47.4. The SMILES string of the molecule is C1CC2C3CCC(C3)C2C1.C1CC2C3CCC(C3)C2C1.C=C(C)C(=O)COCNC(=O)N(CCOC(=O)C(=C)C)C(=O)OCC.C=C(C)C(=O)OCCNC(=O)N(CCOC(=O)C(=C)C)C(=O)N(CCOC(=O)C(=C)C)C(=O)OCC.C=C(C)C(=O)OCCNC(=O)N(CCOC(=O)C(=C)C)C(=O)N(CCOC(=O)C(=C)C)C(=O)OCC.C=C(C)C(=O)OCCNC(=O)N(CCOC(=O)C(=C)C)C(=O)OCC. The molecule has 8 unspecified atom stereocenters. The fourth-order valence-corrected chi connectivity index (χ4v) is 14.9. The predicted molar refractivity (Wildman–Crippen MR) is 514 cm³/mol. The standard InChI is InChI=1S/2C23H33N3O10.2C16H24N2O7.2C10H16/c2*1-8-33-23(32)26(11-14-36-20(29)17(6)7)22(31)25(10-13-35-19(28)16(4)5)21(30)24-9-12-34-18(27)15(2)3;1-6-23-16(22)18(8-10-25-14(20)12(4)5)15(21)17-7-9-24-13(19)11(2)3;1-6-24-16(22)18(7-8-25-14(20)12(4)5)15(21)17-10-23-9-13(19)11(2)3;2*1-2-9-7-4-5-8(6-7)10(9)3-1/h2*2,4,6,8-14H2,1,3,5,7H3,(H,24,30);2*2,4,6-10H2,1,3,5H3,(H,17,21);2*7-10H,1-6H2. The highest BCUT2D eigenvalue weighted by molar-refractivity contribution is 6.02. The highest BCUT2D eigenvalue weighted by Crippen LogP contribution is 2.59. The van der Waals surface area contributed by atoms with Crippen molar-refractivity contribution in [3.8, 4) is 0 Å². The maximum absolute atomic E-state index is 13.1. The van der Waals surface area contributed by atoms with Crippen LogP contribution in [0.4, 0.5) is 47.9 Å². The van der Waals surface area contributed by atoms with Crippen LogP contribution in [-0.2, 0) is 114 Å². The second-order valence-electron chi connectivity index (χ2n) is 33.6. The van der Waals surface area contributed by atoms with Crippen LogP contribution in [0.5, 0.6) is 0 Å². The van der Waals surface area contributed by atoms with E-state index in [4.69, 9.17) is 66.3 Å². The molecule has 0 heterocycles. The Bertz CT molecular complexity index is 4210. The zero-order chi connectivity index (χ0) is 108. The molecule has 0 aromatic heterocycles. The summed E-state index contributed by atoms with van der Waals surface area (Å²) in [5.41, 5.74) is 1.71. The van der Waals surface area contributed by atoms with Gasteiger partial charge in [-0.2, -0.15) is 0 Å². The van der Waals surface area contributed by atoms with E-state index in [1.807, 2.05) is 0 Å². The Balaban J connectivity index is 0.000000889. The molecule has 6 saturated carbocycles. The monoisotopic (exact) mass is 2010 g/mol. The van der Waals surface area contributed by atoms with Gasteiger partial charge in [0.05, 0.1) is 85.3 Å². The molecule has 0 aromatic rings. The molecular weight excluding hydrogens is 1860 g/mol. The third-order valence-electron chi connectivity index (χ3n) is 21.8. The molecule has 8 atom stereocenters. The van der Waals surface area contributed by atoms with Crippen molar-refractivity contribution in [1.82, 2.24) is 50.7 Å². The van der Waals surface area contributed by atoms with Crippen LogP contribution in [0.25, 0.3) is 0 Å². The van der Waals surface area contributed by atoms with Crippen LogP contribution in [0.15, 0.2) is 122 Å². The van der Waals surface area contributed by atoms with Crippen molar-refractivity contribution in [1.29, 1.82) is 0 Å². The topological polar surface area (TPSA) is 538 Å². The molecule has 4 N–H and O–H groups in total. The van der Waals surface area contributed by atoms with E-state index in [-0.39, 0.29) is 161 Å². The van der Waals surface area contributed by atoms with Crippen molar-refractivity contribution in [2.45, 2.75) is 174 Å². The summed E-state index contributed by atoms with van der Waals surface area (Å²) in [6, 6.07) is -5.81. The van der Waals surface area contributed by atoms with Gasteiger partial charge in [-0.1, -0.05) is 78.6 Å². The number of carbonyl (C=O) groups is 20. The number of carbonyl (C=O) groups excluding carboxylic acids is 20. The third-order valence-corrected chi connectivity index (χ3v) is 21.8. The first-order chi connectivity index (χ1) is 67.0. The number of ether oxygens (including phenoxy) is 14. The number of urea groups is 6. The van der Waals surface area contributed by atoms with E-state index in [9.17, 15) is 95.9 Å². The van der Waals surface area contributed by atoms with Gasteiger partial charge in [-0.3, -0.25) is 4.79 Å². The molecule has 0 spiro atoms. The van der Waals surface area contributed by atoms with Crippen molar-refractivity contribution < 1.29 is 162 Å². The van der Waals surface area contributed by atoms with Gasteiger partial charge in [0.25, 0.3) is 0 Å². The smallest absolute Gasteiger partial charge is 0.418 e. The largest absolute Gasteiger partial charge is 0.460 e. The average molecular weight is 2010 g/mol. The molecule has 44 heteroatoms. The highest BCUT2D eigenvalue weighted by Gasteiger charge is 2.50. The number of hydrogen-bond acceptors (Lipinski definition) is 34. The summed E-state index contributed by atoms with van der Waals surface area (Å²) in [6.45, 7) is 49.4. The van der Waals surface area contributed by atoms with Crippen molar-refractivity contribution in [3.63, 3.8) is 0 Å². The minimum Gasteiger partial charge on any atom is -0.460 e. The lowest BCUT2D eigenvalue weighted by Gasteiger charge is -2.27. The normalized spacial score (nSPS) is 16.5. The van der Waals surface area contributed by atoms with E-state index in [0.717, 1.165) is 9.80 Å². The number of Topliss-reactive ketones (excluding diaryl/α,β-unsaturated/α-hetero) is 1. The molecule has 4 bridgehead atoms. The molecule has 0 saturated heterocycles. The summed E-state index contributed by atoms with van der Waals surface area (Å²) >= 11 is 0. The van der Waals surface area contributed by atoms with Gasteiger partial charge in [-0.15, -0.1) is 0 Å². The summed E-state index contributed by atoms with van der Waals surface area (Å²) in [7, 11) is 0. The van der Waals surface area contributed by atoms with Crippen LogP contribution in [0, 0.1) is 47.3 Å². The zero-order valence-corrected chi connectivity index (χ0v) is 84.7. The highest BCUT2D eigenvalue weighted by atomic mass is 16.6. The Morgan fingerprint density at radius 3 is 0.662 bits per heavy atom. The first-order valence-electron chi connectivity index (χ1n) is 46.7. The molecular formula is C98H146N10O34. The van der Waals surface area contributed by atoms with Crippen LogP contribution in [0.2, 0.25) is 0 Å². The summed E-state index contributed by atoms with van der Waals surface area (Å²) < 4.78 is 68.2. The zero-order valence-electron chi connectivity index (χ0n) is 84.7. The number of esters is 9. The molecule has 6 fully saturated rings. The van der Waals surface area contributed by atoms with Gasteiger partial charge in [0, 0.05) is 50.2 Å². The second-order valence-corrected chi connectivity index (χ2v) is 33.6.